The Bertz CT molecular complexity index is 1260. The molecule has 5 N–H and O–H groups in total. The number of rotatable bonds is 12. The van der Waals surface area contributed by atoms with E-state index in [0.29, 0.717) is 24.4 Å². The van der Waals surface area contributed by atoms with Crippen LogP contribution in [0.5, 0.6) is 0 Å². The Morgan fingerprint density at radius 2 is 1.49 bits per heavy atom. The lowest BCUT2D eigenvalue weighted by atomic mass is 9.84. The van der Waals surface area contributed by atoms with Gasteiger partial charge in [-0.25, -0.2) is 9.18 Å². The number of nitrogens with one attached hydrogen (secondary N) is 1. The van der Waals surface area contributed by atoms with Crippen LogP contribution in [0.2, 0.25) is 0 Å². The van der Waals surface area contributed by atoms with E-state index in [9.17, 15) is 29.0 Å². The first kappa shape index (κ1) is 36.9. The Labute approximate surface area is 265 Å². The number of amides is 4. The molecule has 4 rings (SSSR count). The predicted octanol–water partition coefficient (Wildman–Crippen LogP) is 5.27. The summed E-state index contributed by atoms with van der Waals surface area (Å²) >= 11 is 0. The molecule has 1 saturated carbocycles. The van der Waals surface area contributed by atoms with Gasteiger partial charge in [0.2, 0.25) is 12.3 Å². The number of benzene rings is 3. The highest BCUT2D eigenvalue weighted by Crippen LogP contribution is 2.32. The van der Waals surface area contributed by atoms with Crippen LogP contribution >= 0.6 is 0 Å². The molecule has 45 heavy (non-hydrogen) atoms. The van der Waals surface area contributed by atoms with E-state index in [-0.39, 0.29) is 32.3 Å². The van der Waals surface area contributed by atoms with Gasteiger partial charge >= 0.3 is 6.03 Å². The van der Waals surface area contributed by atoms with Crippen molar-refractivity contribution in [3.05, 3.63) is 101 Å². The summed E-state index contributed by atoms with van der Waals surface area (Å²) in [6, 6.07) is 22.2. The number of urea groups is 1. The number of aliphatic hydroxyl groups is 2. The van der Waals surface area contributed by atoms with E-state index >= 15 is 0 Å². The summed E-state index contributed by atoms with van der Waals surface area (Å²) in [6.45, 7) is 4.57. The fourth-order valence-electron chi connectivity index (χ4n) is 5.17. The van der Waals surface area contributed by atoms with Crippen molar-refractivity contribution in [3.8, 4) is 0 Å². The molecule has 0 spiro atoms. The van der Waals surface area contributed by atoms with Gasteiger partial charge in [-0.05, 0) is 59.7 Å². The zero-order chi connectivity index (χ0) is 33.0. The van der Waals surface area contributed by atoms with Crippen LogP contribution in [0.3, 0.4) is 0 Å². The maximum Gasteiger partial charge on any atom is 0.324 e. The second-order valence-corrected chi connectivity index (χ2v) is 10.4. The van der Waals surface area contributed by atoms with Crippen LogP contribution in [0, 0.1) is 5.82 Å². The lowest BCUT2D eigenvalue weighted by Crippen LogP contribution is -2.45. The number of hydrogen-bond acceptors (Lipinski definition) is 5. The van der Waals surface area contributed by atoms with E-state index < -0.39 is 17.8 Å². The monoisotopic (exact) mass is 622 g/mol. The lowest BCUT2D eigenvalue weighted by Gasteiger charge is -2.30. The van der Waals surface area contributed by atoms with Crippen LogP contribution in [-0.4, -0.2) is 59.8 Å². The molecule has 0 aliphatic heterocycles. The second kappa shape index (κ2) is 20.6. The van der Waals surface area contributed by atoms with Gasteiger partial charge in [-0.15, -0.1) is 0 Å². The van der Waals surface area contributed by atoms with Crippen LogP contribution in [0.4, 0.5) is 14.9 Å². The first-order valence-corrected chi connectivity index (χ1v) is 15.5. The Kier molecular flexibility index (Phi) is 16.9. The zero-order valence-corrected chi connectivity index (χ0v) is 26.3. The quantitative estimate of drug-likeness (QED) is 0.204. The number of carbonyl (C=O) groups excluding carboxylic acids is 3. The van der Waals surface area contributed by atoms with Crippen LogP contribution in [0.25, 0.3) is 0 Å². The maximum atomic E-state index is 13.2. The SMILES string of the molecule is CC.NC(=O)C(NC=O)c1ccc(F)cc1.O=C(N(CCO)CCO)N(Cc1ccc(C2CCCCC2)cc1)c1ccccc1. The molecule has 9 nitrogen and oxygen atoms in total. The van der Waals surface area contributed by atoms with Gasteiger partial charge in [0, 0.05) is 18.8 Å². The van der Waals surface area contributed by atoms with Crippen molar-refractivity contribution in [1.29, 1.82) is 0 Å². The largest absolute Gasteiger partial charge is 0.395 e. The third kappa shape index (κ3) is 12.0. The van der Waals surface area contributed by atoms with Crippen LogP contribution in [0.15, 0.2) is 78.9 Å². The van der Waals surface area contributed by atoms with Crippen molar-refractivity contribution in [1.82, 2.24) is 10.2 Å². The van der Waals surface area contributed by atoms with Gasteiger partial charge in [0.1, 0.15) is 11.9 Å². The molecule has 1 atom stereocenters. The minimum absolute atomic E-state index is 0.134. The summed E-state index contributed by atoms with van der Waals surface area (Å²) in [5.74, 6) is -0.443. The summed E-state index contributed by atoms with van der Waals surface area (Å²) in [6.07, 6.45) is 6.89. The highest BCUT2D eigenvalue weighted by molar-refractivity contribution is 5.92. The molecule has 0 radical (unpaired) electrons. The van der Waals surface area contributed by atoms with Gasteiger partial charge in [0.15, 0.2) is 0 Å². The number of primary amides is 1. The summed E-state index contributed by atoms with van der Waals surface area (Å²) in [7, 11) is 0. The fourth-order valence-corrected chi connectivity index (χ4v) is 5.17. The van der Waals surface area contributed by atoms with Crippen molar-refractivity contribution in [3.63, 3.8) is 0 Å². The highest BCUT2D eigenvalue weighted by Gasteiger charge is 2.23. The van der Waals surface area contributed by atoms with Crippen molar-refractivity contribution in [2.45, 2.75) is 64.5 Å². The zero-order valence-electron chi connectivity index (χ0n) is 26.3. The number of hydrogen-bond donors (Lipinski definition) is 4. The molecule has 3 aromatic carbocycles. The fraction of sp³-hybridized carbons (Fsp3) is 0.400. The molecular formula is C35H47FN4O5. The molecule has 0 bridgehead atoms. The number of carbonyl (C=O) groups is 3. The van der Waals surface area contributed by atoms with Crippen molar-refractivity contribution >= 4 is 24.0 Å². The average molecular weight is 623 g/mol. The molecule has 10 heteroatoms. The smallest absolute Gasteiger partial charge is 0.324 e. The molecule has 1 aliphatic rings. The Balaban J connectivity index is 0.000000370. The average Bonchev–Trinajstić information content (AvgIpc) is 3.08. The Morgan fingerprint density at radius 1 is 0.911 bits per heavy atom. The molecule has 0 saturated heterocycles. The maximum absolute atomic E-state index is 13.2. The van der Waals surface area contributed by atoms with E-state index in [4.69, 9.17) is 5.73 Å². The number of nitrogens with two attached hydrogens (primary N) is 1. The van der Waals surface area contributed by atoms with Gasteiger partial charge in [0.25, 0.3) is 0 Å². The first-order valence-electron chi connectivity index (χ1n) is 15.5. The van der Waals surface area contributed by atoms with E-state index in [1.54, 1.807) is 4.90 Å². The molecule has 1 fully saturated rings. The van der Waals surface area contributed by atoms with Crippen LogP contribution in [-0.2, 0) is 16.1 Å². The summed E-state index contributed by atoms with van der Waals surface area (Å²) in [4.78, 5) is 37.4. The molecule has 1 aliphatic carbocycles. The Morgan fingerprint density at radius 3 is 2.00 bits per heavy atom. The molecule has 3 aromatic rings. The number of aliphatic hydroxyl groups excluding tert-OH is 2. The standard InChI is InChI=1S/C24H32N2O3.C9H9FN2O2.C2H6/c27-17-15-25(16-18-28)24(29)26(23-9-5-2-6-10-23)19-20-11-13-22(14-12-20)21-7-3-1-4-8-21;10-7-3-1-6(2-4-7)8(9(11)14)12-5-13;1-2/h2,5-6,9-14,21,27-28H,1,3-4,7-8,15-19H2;1-5,8H,(H2,11,14)(H,12,13);1-2H3. The number of halogens is 1. The minimum atomic E-state index is -0.909. The van der Waals surface area contributed by atoms with E-state index in [0.717, 1.165) is 11.3 Å². The normalized spacial score (nSPS) is 13.2. The van der Waals surface area contributed by atoms with Crippen LogP contribution in [0.1, 0.15) is 74.6 Å². The van der Waals surface area contributed by atoms with E-state index in [1.165, 1.54) is 66.8 Å². The van der Waals surface area contributed by atoms with Gasteiger partial charge in [0.05, 0.1) is 19.8 Å². The van der Waals surface area contributed by atoms with E-state index in [2.05, 4.69) is 29.6 Å². The third-order valence-corrected chi connectivity index (χ3v) is 7.43. The first-order chi connectivity index (χ1) is 21.9. The number of nitrogens with zero attached hydrogens (tertiary/aromatic N) is 2. The molecular weight excluding hydrogens is 575 g/mol. The molecule has 244 valence electrons. The topological polar surface area (TPSA) is 136 Å². The molecule has 4 amide bonds. The van der Waals surface area contributed by atoms with Crippen molar-refractivity contribution < 1.29 is 29.0 Å². The third-order valence-electron chi connectivity index (χ3n) is 7.43. The Hall–Kier alpha value is -4.28. The van der Waals surface area contributed by atoms with E-state index in [1.807, 2.05) is 44.2 Å². The summed E-state index contributed by atoms with van der Waals surface area (Å²) in [5.41, 5.74) is 8.75. The van der Waals surface area contributed by atoms with Crippen molar-refractivity contribution in [2.75, 3.05) is 31.2 Å². The molecule has 0 heterocycles. The van der Waals surface area contributed by atoms with Gasteiger partial charge in [-0.3, -0.25) is 14.5 Å². The molecule has 0 aromatic heterocycles. The predicted molar refractivity (Wildman–Crippen MR) is 175 cm³/mol. The van der Waals surface area contributed by atoms with Crippen LogP contribution < -0.4 is 16.0 Å². The minimum Gasteiger partial charge on any atom is -0.395 e. The van der Waals surface area contributed by atoms with Gasteiger partial charge in [-0.1, -0.05) is 87.7 Å². The molecule has 1 unspecified atom stereocenters. The summed E-state index contributed by atoms with van der Waals surface area (Å²) in [5, 5.41) is 20.9. The number of para-hydroxylation sites is 1. The second-order valence-electron chi connectivity index (χ2n) is 10.4. The lowest BCUT2D eigenvalue weighted by molar-refractivity contribution is -0.122. The van der Waals surface area contributed by atoms with Gasteiger partial charge < -0.3 is 26.2 Å². The number of anilines is 1. The summed E-state index contributed by atoms with van der Waals surface area (Å²) < 4.78 is 12.5. The highest BCUT2D eigenvalue weighted by atomic mass is 19.1. The van der Waals surface area contributed by atoms with Gasteiger partial charge in [-0.2, -0.15) is 0 Å². The van der Waals surface area contributed by atoms with Crippen molar-refractivity contribution in [2.24, 2.45) is 5.73 Å².